The van der Waals surface area contributed by atoms with Gasteiger partial charge in [0.25, 0.3) is 0 Å². The maximum atomic E-state index is 8.46. The van der Waals surface area contributed by atoms with Crippen LogP contribution in [0.4, 0.5) is 0 Å². The van der Waals surface area contributed by atoms with E-state index in [1.807, 2.05) is 6.08 Å². The largest absolute Gasteiger partial charge is 0.324 e. The molecule has 0 unspecified atom stereocenters. The molecule has 0 aliphatic rings. The second kappa shape index (κ2) is 16.2. The lowest BCUT2D eigenvalue weighted by Gasteiger charge is -1.55. The first-order valence-electron chi connectivity index (χ1n) is 1.91. The molecule has 0 fully saturated rings. The van der Waals surface area contributed by atoms with E-state index in [2.05, 4.69) is 6.58 Å². The summed E-state index contributed by atoms with van der Waals surface area (Å²) in [5.41, 5.74) is 0. The van der Waals surface area contributed by atoms with E-state index in [1.54, 1.807) is 0 Å². The van der Waals surface area contributed by atoms with Gasteiger partial charge in [-0.1, -0.05) is 5.28 Å². The van der Waals surface area contributed by atoms with Crippen molar-refractivity contribution in [2.45, 2.75) is 5.28 Å². The quantitative estimate of drug-likeness (QED) is 0.320. The molecule has 0 atom stereocenters. The topological polar surface area (TPSA) is 37.3 Å². The number of hydrogen-bond acceptors (Lipinski definition) is 1. The standard InChI is InChI=1S/C3H5.Al.HO2P.2H/c1-3-2;;1-3-2;;/h3H,1-2H2;;(H,1,2);;. The zero-order valence-electron chi connectivity index (χ0n) is 4.29. The summed E-state index contributed by atoms with van der Waals surface area (Å²) in [5, 5.41) is 1.22. The predicted octanol–water partition coefficient (Wildman–Crippen LogP) is 0.409. The van der Waals surface area contributed by atoms with Crippen molar-refractivity contribution in [2.75, 3.05) is 0 Å². The first kappa shape index (κ1) is 10.3. The summed E-state index contributed by atoms with van der Waals surface area (Å²) in [7, 11) is -0.833. The summed E-state index contributed by atoms with van der Waals surface area (Å²) in [6.45, 7) is 3.51. The highest BCUT2D eigenvalue weighted by Crippen LogP contribution is 1.66. The summed E-state index contributed by atoms with van der Waals surface area (Å²) in [5.74, 6) is 0. The monoisotopic (exact) mass is 134 g/mol. The molecule has 2 nitrogen and oxygen atoms in total. The van der Waals surface area contributed by atoms with E-state index in [-0.39, 0.29) is 0 Å². The Hall–Kier alpha value is 0.332. The van der Waals surface area contributed by atoms with E-state index < -0.39 is 8.69 Å². The van der Waals surface area contributed by atoms with E-state index >= 15 is 0 Å². The molecule has 7 heavy (non-hydrogen) atoms. The Morgan fingerprint density at radius 1 is 2.00 bits per heavy atom. The van der Waals surface area contributed by atoms with Crippen molar-refractivity contribution in [3.8, 4) is 0 Å². The fourth-order valence-electron chi connectivity index (χ4n) is 0. The van der Waals surface area contributed by atoms with Crippen molar-refractivity contribution in [2.24, 2.45) is 0 Å². The van der Waals surface area contributed by atoms with E-state index in [9.17, 15) is 0 Å². The van der Waals surface area contributed by atoms with Crippen LogP contribution in [0, 0.1) is 0 Å². The van der Waals surface area contributed by atoms with E-state index in [0.29, 0.717) is 0 Å². The number of hydrogen-bond donors (Lipinski definition) is 1. The zero-order valence-corrected chi connectivity index (χ0v) is 7.19. The maximum absolute atomic E-state index is 8.46. The van der Waals surface area contributed by atoms with Crippen LogP contribution in [0.2, 0.25) is 5.28 Å². The Bertz CT molecular complexity index is 48.2. The zero-order chi connectivity index (χ0) is 6.12. The lowest BCUT2D eigenvalue weighted by atomic mass is 10.8. The van der Waals surface area contributed by atoms with Crippen molar-refractivity contribution in [3.63, 3.8) is 0 Å². The first-order chi connectivity index (χ1) is 3.33. The molecule has 1 N–H and O–H groups in total. The summed E-state index contributed by atoms with van der Waals surface area (Å²) < 4.78 is 8.46. The average molecular weight is 134 g/mol. The summed E-state index contributed by atoms with van der Waals surface area (Å²) in [6, 6.07) is 0. The summed E-state index contributed by atoms with van der Waals surface area (Å²) >= 11 is 1.27. The van der Waals surface area contributed by atoms with Crippen molar-refractivity contribution in [3.05, 3.63) is 12.7 Å². The molecule has 0 bridgehead atoms. The Morgan fingerprint density at radius 2 is 2.14 bits per heavy atom. The molecule has 0 aliphatic heterocycles. The van der Waals surface area contributed by atoms with Gasteiger partial charge in [0, 0.05) is 0 Å². The fraction of sp³-hybridized carbons (Fsp3) is 0.333. The van der Waals surface area contributed by atoms with Gasteiger partial charge in [-0.25, -0.2) is 4.57 Å². The van der Waals surface area contributed by atoms with Gasteiger partial charge < -0.3 is 4.89 Å². The third-order valence-corrected chi connectivity index (χ3v) is 0.866. The molecule has 0 aromatic rings. The Balaban J connectivity index is 0. The summed E-state index contributed by atoms with van der Waals surface area (Å²) in [6.07, 6.45) is 1.94. The van der Waals surface area contributed by atoms with Gasteiger partial charge in [-0.05, 0) is 0 Å². The van der Waals surface area contributed by atoms with Crippen LogP contribution in [0.5, 0.6) is 0 Å². The van der Waals surface area contributed by atoms with Gasteiger partial charge in [0.05, 0.1) is 0 Å². The molecule has 0 aromatic heterocycles. The average Bonchev–Trinajstić information content (AvgIpc) is 1.69. The van der Waals surface area contributed by atoms with Crippen LogP contribution in [-0.2, 0) is 4.57 Å². The number of allylic oxidation sites excluding steroid dienone is 1. The first-order valence-corrected chi connectivity index (χ1v) is 4.09. The summed E-state index contributed by atoms with van der Waals surface area (Å²) in [4.78, 5) is 6.99. The van der Waals surface area contributed by atoms with Crippen LogP contribution in [0.3, 0.4) is 0 Å². The Labute approximate surface area is 52.9 Å². The van der Waals surface area contributed by atoms with Gasteiger partial charge in [-0.2, -0.15) is 0 Å². The van der Waals surface area contributed by atoms with Crippen LogP contribution < -0.4 is 0 Å². The van der Waals surface area contributed by atoms with Crippen LogP contribution >= 0.6 is 8.69 Å². The highest BCUT2D eigenvalue weighted by molar-refractivity contribution is 7.16. The molecule has 0 saturated heterocycles. The molecule has 40 valence electrons. The molecule has 0 radical (unpaired) electrons. The third-order valence-electron chi connectivity index (χ3n) is 0.289. The van der Waals surface area contributed by atoms with Crippen molar-refractivity contribution >= 4 is 25.0 Å². The van der Waals surface area contributed by atoms with Crippen molar-refractivity contribution in [1.29, 1.82) is 0 Å². The van der Waals surface area contributed by atoms with Gasteiger partial charge in [0.15, 0.2) is 0 Å². The van der Waals surface area contributed by atoms with Crippen LogP contribution in [0.15, 0.2) is 12.7 Å². The lowest BCUT2D eigenvalue weighted by molar-refractivity contribution is 0.524. The molecule has 4 heteroatoms. The Kier molecular flexibility index (Phi) is 24.0. The number of rotatable bonds is 1. The van der Waals surface area contributed by atoms with Crippen LogP contribution in [-0.4, -0.2) is 21.2 Å². The molecule has 0 aromatic carbocycles. The van der Waals surface area contributed by atoms with Gasteiger partial charge >= 0.3 is 8.69 Å². The molecular weight excluding hydrogens is 126 g/mol. The molecule has 0 heterocycles. The van der Waals surface area contributed by atoms with Crippen LogP contribution in [0.1, 0.15) is 0 Å². The molecule has 0 spiro atoms. The van der Waals surface area contributed by atoms with E-state index in [4.69, 9.17) is 9.46 Å². The van der Waals surface area contributed by atoms with Crippen molar-refractivity contribution in [1.82, 2.24) is 0 Å². The molecular formula is C3H8AlO2P. The fourth-order valence-corrected chi connectivity index (χ4v) is 0. The van der Waals surface area contributed by atoms with Gasteiger partial charge in [0.1, 0.15) is 0 Å². The van der Waals surface area contributed by atoms with E-state index in [0.717, 1.165) is 0 Å². The predicted molar refractivity (Wildman–Crippen MR) is 33.4 cm³/mol. The second-order valence-electron chi connectivity index (χ2n) is 0.779. The molecule has 0 saturated carbocycles. The minimum absolute atomic E-state index is 0.833. The normalized spacial score (nSPS) is 6.43. The SMILES string of the molecule is C=C[CH2][AlH2].O=PO. The second-order valence-corrected chi connectivity index (χ2v) is 1.76. The van der Waals surface area contributed by atoms with E-state index in [1.165, 1.54) is 21.6 Å². The molecule has 0 amide bonds. The highest BCUT2D eigenvalue weighted by Gasteiger charge is 1.49. The third kappa shape index (κ3) is 66.9. The van der Waals surface area contributed by atoms with Gasteiger partial charge in [0.2, 0.25) is 16.3 Å². The van der Waals surface area contributed by atoms with Crippen LogP contribution in [0.25, 0.3) is 0 Å². The van der Waals surface area contributed by atoms with Gasteiger partial charge in [-0.3, -0.25) is 0 Å². The minimum Gasteiger partial charge on any atom is -0.310 e. The molecule has 0 aliphatic carbocycles. The minimum atomic E-state index is -0.833. The maximum Gasteiger partial charge on any atom is 0.324 e. The highest BCUT2D eigenvalue weighted by atomic mass is 31.1. The smallest absolute Gasteiger partial charge is 0.310 e. The lowest BCUT2D eigenvalue weighted by Crippen LogP contribution is -1.47. The van der Waals surface area contributed by atoms with Crippen molar-refractivity contribution < 1.29 is 9.46 Å². The molecule has 0 rings (SSSR count). The van der Waals surface area contributed by atoms with Gasteiger partial charge in [-0.15, -0.1) is 12.7 Å². The Morgan fingerprint density at radius 3 is 2.14 bits per heavy atom.